The van der Waals surface area contributed by atoms with Gasteiger partial charge in [-0.15, -0.1) is 0 Å². The number of hydrogen-bond acceptors (Lipinski definition) is 0. The second kappa shape index (κ2) is 3.46. The van der Waals surface area contributed by atoms with Gasteiger partial charge >= 0.3 is 0 Å². The lowest BCUT2D eigenvalue weighted by molar-refractivity contribution is 1.32. The van der Waals surface area contributed by atoms with Crippen LogP contribution in [0, 0.1) is 13.8 Å². The van der Waals surface area contributed by atoms with E-state index in [4.69, 9.17) is 11.6 Å². The van der Waals surface area contributed by atoms with E-state index in [0.717, 1.165) is 25.1 Å². The zero-order chi connectivity index (χ0) is 8.59. The van der Waals surface area contributed by atoms with Crippen molar-refractivity contribution in [2.75, 3.05) is 0 Å². The first kappa shape index (κ1) is 9.56. The van der Waals surface area contributed by atoms with Crippen molar-refractivity contribution in [1.29, 1.82) is 0 Å². The Kier molecular flexibility index (Phi) is 3.01. The van der Waals surface area contributed by atoms with Gasteiger partial charge in [-0.25, -0.2) is 0 Å². The van der Waals surface area contributed by atoms with Gasteiger partial charge in [-0.05, 0) is 47.0 Å². The highest BCUT2D eigenvalue weighted by atomic mass is 79.9. The van der Waals surface area contributed by atoms with Crippen molar-refractivity contribution >= 4 is 43.5 Å². The normalized spacial score (nSPS) is 10.3. The van der Waals surface area contributed by atoms with E-state index in [1.54, 1.807) is 0 Å². The largest absolute Gasteiger partial charge is 0.0831 e. The quantitative estimate of drug-likeness (QED) is 0.619. The molecule has 0 N–H and O–H groups in total. The van der Waals surface area contributed by atoms with Crippen LogP contribution in [-0.2, 0) is 0 Å². The van der Waals surface area contributed by atoms with Gasteiger partial charge in [-0.2, -0.15) is 0 Å². The molecule has 0 bridgehead atoms. The predicted molar refractivity (Wildman–Crippen MR) is 56.3 cm³/mol. The summed E-state index contributed by atoms with van der Waals surface area (Å²) >= 11 is 12.8. The van der Waals surface area contributed by atoms with Gasteiger partial charge in [-0.1, -0.05) is 27.5 Å². The summed E-state index contributed by atoms with van der Waals surface area (Å²) in [4.78, 5) is 0. The summed E-state index contributed by atoms with van der Waals surface area (Å²) in [6.07, 6.45) is 0. The first-order valence-corrected chi connectivity index (χ1v) is 5.11. The molecule has 1 aromatic carbocycles. The number of halogens is 3. The number of rotatable bonds is 0. The van der Waals surface area contributed by atoms with Crippen molar-refractivity contribution in [3.63, 3.8) is 0 Å². The summed E-state index contributed by atoms with van der Waals surface area (Å²) in [7, 11) is 0. The van der Waals surface area contributed by atoms with Crippen molar-refractivity contribution in [3.05, 3.63) is 31.2 Å². The smallest absolute Gasteiger partial charge is 0.0554 e. The van der Waals surface area contributed by atoms with Crippen LogP contribution in [0.4, 0.5) is 0 Å². The zero-order valence-corrected chi connectivity index (χ0v) is 10.1. The molecule has 0 aliphatic heterocycles. The summed E-state index contributed by atoms with van der Waals surface area (Å²) in [5.41, 5.74) is 2.31. The molecule has 0 saturated carbocycles. The Hall–Kier alpha value is 0.470. The standard InChI is InChI=1S/C8H7Br2Cl/c1-4-3-6(11)8(10)5(2)7(4)9/h3H,1-2H3. The lowest BCUT2D eigenvalue weighted by atomic mass is 10.2. The number of hydrogen-bond donors (Lipinski definition) is 0. The zero-order valence-electron chi connectivity index (χ0n) is 6.21. The van der Waals surface area contributed by atoms with E-state index >= 15 is 0 Å². The average molecular weight is 298 g/mol. The molecule has 0 spiro atoms. The van der Waals surface area contributed by atoms with Crippen LogP contribution in [0.1, 0.15) is 11.1 Å². The molecule has 11 heavy (non-hydrogen) atoms. The molecule has 1 rings (SSSR count). The molecule has 3 heteroatoms. The van der Waals surface area contributed by atoms with Gasteiger partial charge in [0.1, 0.15) is 0 Å². The van der Waals surface area contributed by atoms with E-state index in [2.05, 4.69) is 31.9 Å². The van der Waals surface area contributed by atoms with E-state index in [1.807, 2.05) is 19.9 Å². The van der Waals surface area contributed by atoms with Gasteiger partial charge in [0.25, 0.3) is 0 Å². The van der Waals surface area contributed by atoms with Gasteiger partial charge in [0, 0.05) is 8.95 Å². The summed E-state index contributed by atoms with van der Waals surface area (Å²) in [6.45, 7) is 4.04. The molecule has 0 aliphatic carbocycles. The SMILES string of the molecule is Cc1cc(Cl)c(Br)c(C)c1Br. The molecule has 0 atom stereocenters. The van der Waals surface area contributed by atoms with Gasteiger partial charge in [0.05, 0.1) is 5.02 Å². The lowest BCUT2D eigenvalue weighted by Gasteiger charge is -2.06. The van der Waals surface area contributed by atoms with Gasteiger partial charge in [0.15, 0.2) is 0 Å². The van der Waals surface area contributed by atoms with Gasteiger partial charge in [0.2, 0.25) is 0 Å². The predicted octanol–water partition coefficient (Wildman–Crippen LogP) is 4.48. The first-order valence-electron chi connectivity index (χ1n) is 3.14. The van der Waals surface area contributed by atoms with Crippen LogP contribution in [0.5, 0.6) is 0 Å². The van der Waals surface area contributed by atoms with Gasteiger partial charge in [-0.3, -0.25) is 0 Å². The highest BCUT2D eigenvalue weighted by molar-refractivity contribution is 9.11. The van der Waals surface area contributed by atoms with E-state index in [0.29, 0.717) is 0 Å². The van der Waals surface area contributed by atoms with E-state index < -0.39 is 0 Å². The molecule has 0 unspecified atom stereocenters. The van der Waals surface area contributed by atoms with Crippen LogP contribution >= 0.6 is 43.5 Å². The second-order valence-electron chi connectivity index (χ2n) is 2.43. The molecular formula is C8H7Br2Cl. The highest BCUT2D eigenvalue weighted by Gasteiger charge is 2.06. The Labute approximate surface area is 88.2 Å². The fourth-order valence-corrected chi connectivity index (χ4v) is 2.08. The summed E-state index contributed by atoms with van der Waals surface area (Å²) < 4.78 is 2.09. The van der Waals surface area contributed by atoms with Crippen LogP contribution in [0.2, 0.25) is 5.02 Å². The number of benzene rings is 1. The second-order valence-corrected chi connectivity index (χ2v) is 4.42. The Balaban J connectivity index is 3.46. The topological polar surface area (TPSA) is 0 Å². The minimum Gasteiger partial charge on any atom is -0.0831 e. The van der Waals surface area contributed by atoms with Crippen molar-refractivity contribution in [1.82, 2.24) is 0 Å². The maximum atomic E-state index is 5.92. The molecular weight excluding hydrogens is 291 g/mol. The fourth-order valence-electron chi connectivity index (χ4n) is 0.888. The molecule has 0 amide bonds. The molecule has 0 aromatic heterocycles. The average Bonchev–Trinajstić information content (AvgIpc) is 1.97. The monoisotopic (exact) mass is 296 g/mol. The van der Waals surface area contributed by atoms with Crippen molar-refractivity contribution in [2.24, 2.45) is 0 Å². The van der Waals surface area contributed by atoms with Crippen LogP contribution in [0.3, 0.4) is 0 Å². The molecule has 0 radical (unpaired) electrons. The molecule has 0 heterocycles. The molecule has 1 aromatic rings. The Bertz CT molecular complexity index is 268. The Morgan fingerprint density at radius 2 is 1.73 bits per heavy atom. The lowest BCUT2D eigenvalue weighted by Crippen LogP contribution is -1.84. The van der Waals surface area contributed by atoms with E-state index in [9.17, 15) is 0 Å². The first-order chi connectivity index (χ1) is 5.04. The van der Waals surface area contributed by atoms with Crippen LogP contribution in [0.15, 0.2) is 15.0 Å². The van der Waals surface area contributed by atoms with Crippen molar-refractivity contribution < 1.29 is 0 Å². The Morgan fingerprint density at radius 1 is 1.18 bits per heavy atom. The third kappa shape index (κ3) is 1.79. The molecule has 0 fully saturated rings. The minimum absolute atomic E-state index is 0.767. The summed E-state index contributed by atoms with van der Waals surface area (Å²) in [6, 6.07) is 1.93. The molecule has 0 saturated heterocycles. The number of aryl methyl sites for hydroxylation is 1. The third-order valence-electron chi connectivity index (χ3n) is 1.56. The van der Waals surface area contributed by atoms with Crippen LogP contribution in [-0.4, -0.2) is 0 Å². The molecule has 60 valence electrons. The van der Waals surface area contributed by atoms with E-state index in [1.165, 1.54) is 0 Å². The molecule has 0 aliphatic rings. The van der Waals surface area contributed by atoms with Crippen molar-refractivity contribution in [3.8, 4) is 0 Å². The maximum Gasteiger partial charge on any atom is 0.0554 e. The van der Waals surface area contributed by atoms with E-state index in [-0.39, 0.29) is 0 Å². The third-order valence-corrected chi connectivity index (χ3v) is 4.33. The Morgan fingerprint density at radius 3 is 2.27 bits per heavy atom. The minimum atomic E-state index is 0.767. The van der Waals surface area contributed by atoms with Crippen LogP contribution < -0.4 is 0 Å². The fraction of sp³-hybridized carbons (Fsp3) is 0.250. The maximum absolute atomic E-state index is 5.92. The summed E-state index contributed by atoms with van der Waals surface area (Å²) in [5.74, 6) is 0. The van der Waals surface area contributed by atoms with Crippen molar-refractivity contribution in [2.45, 2.75) is 13.8 Å². The van der Waals surface area contributed by atoms with Crippen LogP contribution in [0.25, 0.3) is 0 Å². The summed E-state index contributed by atoms with van der Waals surface area (Å²) in [5, 5.41) is 0.767. The molecule has 0 nitrogen and oxygen atoms in total. The highest BCUT2D eigenvalue weighted by Crippen LogP contribution is 2.33. The van der Waals surface area contributed by atoms with Gasteiger partial charge < -0.3 is 0 Å².